The van der Waals surface area contributed by atoms with Crippen LogP contribution in [0.5, 0.6) is 5.75 Å². The summed E-state index contributed by atoms with van der Waals surface area (Å²) in [5.74, 6) is 1.43. The molecule has 0 bridgehead atoms. The molecule has 3 rings (SSSR count). The Hall–Kier alpha value is -3.15. The molecule has 0 fully saturated rings. The number of carbonyl (C=O) groups excluding carboxylic acids is 1. The van der Waals surface area contributed by atoms with E-state index in [9.17, 15) is 4.79 Å². The molecule has 2 aromatic carbocycles. The lowest BCUT2D eigenvalue weighted by atomic mass is 10.2. The van der Waals surface area contributed by atoms with Crippen molar-refractivity contribution in [2.75, 3.05) is 11.9 Å². The van der Waals surface area contributed by atoms with E-state index in [1.165, 1.54) is 0 Å². The van der Waals surface area contributed by atoms with Gasteiger partial charge in [0.15, 0.2) is 12.4 Å². The van der Waals surface area contributed by atoms with Crippen molar-refractivity contribution >= 4 is 11.6 Å². The number of aryl methyl sites for hydroxylation is 2. The number of rotatable bonds is 6. The zero-order valence-electron chi connectivity index (χ0n) is 14.2. The Bertz CT molecular complexity index is 856. The number of carbonyl (C=O) groups is 1. The van der Waals surface area contributed by atoms with E-state index in [1.807, 2.05) is 50.2 Å². The van der Waals surface area contributed by atoms with Crippen LogP contribution in [0.4, 0.5) is 5.69 Å². The molecule has 1 N–H and O–H groups in total. The second-order valence-electron chi connectivity index (χ2n) is 5.60. The number of benzene rings is 2. The van der Waals surface area contributed by atoms with E-state index in [1.54, 1.807) is 12.1 Å². The maximum absolute atomic E-state index is 12.0. The second-order valence-corrected chi connectivity index (χ2v) is 5.60. The maximum Gasteiger partial charge on any atom is 0.262 e. The number of hydrogen-bond acceptors (Lipinski definition) is 5. The Labute approximate surface area is 145 Å². The Balaban J connectivity index is 1.60. The predicted molar refractivity (Wildman–Crippen MR) is 94.4 cm³/mol. The van der Waals surface area contributed by atoms with Crippen molar-refractivity contribution < 1.29 is 14.1 Å². The fraction of sp³-hybridized carbons (Fsp3) is 0.211. The van der Waals surface area contributed by atoms with Crippen molar-refractivity contribution in [3.05, 3.63) is 59.9 Å². The second kappa shape index (κ2) is 7.61. The van der Waals surface area contributed by atoms with E-state index in [4.69, 9.17) is 9.26 Å². The van der Waals surface area contributed by atoms with Gasteiger partial charge in [0, 0.05) is 17.7 Å². The zero-order chi connectivity index (χ0) is 17.6. The monoisotopic (exact) mass is 337 g/mol. The van der Waals surface area contributed by atoms with E-state index >= 15 is 0 Å². The standard InChI is InChI=1S/C19H19N3O3/c1-3-17-21-19(25-22-17)14-5-4-6-16(11-14)24-12-18(23)20-15-9-7-13(2)8-10-15/h4-11H,3,12H2,1-2H3,(H,20,23). The minimum absolute atomic E-state index is 0.0820. The minimum atomic E-state index is -0.222. The summed E-state index contributed by atoms with van der Waals surface area (Å²) < 4.78 is 10.8. The van der Waals surface area contributed by atoms with Gasteiger partial charge in [0.05, 0.1) is 0 Å². The first-order valence-corrected chi connectivity index (χ1v) is 8.06. The Morgan fingerprint density at radius 1 is 1.20 bits per heavy atom. The van der Waals surface area contributed by atoms with Gasteiger partial charge in [0.1, 0.15) is 5.75 Å². The molecule has 1 aromatic heterocycles. The molecule has 1 heterocycles. The van der Waals surface area contributed by atoms with E-state index in [0.717, 1.165) is 16.8 Å². The first kappa shape index (κ1) is 16.7. The first-order chi connectivity index (χ1) is 12.1. The van der Waals surface area contributed by atoms with Crippen LogP contribution in [-0.2, 0) is 11.2 Å². The quantitative estimate of drug-likeness (QED) is 0.743. The normalized spacial score (nSPS) is 10.5. The smallest absolute Gasteiger partial charge is 0.262 e. The largest absolute Gasteiger partial charge is 0.484 e. The molecule has 3 aromatic rings. The molecule has 0 saturated carbocycles. The minimum Gasteiger partial charge on any atom is -0.484 e. The van der Waals surface area contributed by atoms with Gasteiger partial charge < -0.3 is 14.6 Å². The van der Waals surface area contributed by atoms with Crippen LogP contribution in [0.25, 0.3) is 11.5 Å². The molecule has 0 spiro atoms. The van der Waals surface area contributed by atoms with Crippen LogP contribution in [0, 0.1) is 6.92 Å². The summed E-state index contributed by atoms with van der Waals surface area (Å²) in [7, 11) is 0. The number of ether oxygens (including phenoxy) is 1. The van der Waals surface area contributed by atoms with Crippen molar-refractivity contribution in [1.29, 1.82) is 0 Å². The molecule has 128 valence electrons. The van der Waals surface area contributed by atoms with E-state index < -0.39 is 0 Å². The summed E-state index contributed by atoms with van der Waals surface area (Å²) in [5, 5.41) is 6.67. The van der Waals surface area contributed by atoms with Crippen LogP contribution in [0.2, 0.25) is 0 Å². The van der Waals surface area contributed by atoms with E-state index in [2.05, 4.69) is 15.5 Å². The summed E-state index contributed by atoms with van der Waals surface area (Å²) >= 11 is 0. The summed E-state index contributed by atoms with van der Waals surface area (Å²) in [4.78, 5) is 16.3. The van der Waals surface area contributed by atoms with Crippen LogP contribution in [0.3, 0.4) is 0 Å². The van der Waals surface area contributed by atoms with Gasteiger partial charge in [0.25, 0.3) is 11.8 Å². The lowest BCUT2D eigenvalue weighted by Crippen LogP contribution is -2.20. The van der Waals surface area contributed by atoms with Gasteiger partial charge in [-0.3, -0.25) is 4.79 Å². The molecule has 1 amide bonds. The number of anilines is 1. The molecule has 6 nitrogen and oxygen atoms in total. The van der Waals surface area contributed by atoms with Crippen LogP contribution < -0.4 is 10.1 Å². The summed E-state index contributed by atoms with van der Waals surface area (Å²) in [6, 6.07) is 14.8. The molecule has 0 unspecified atom stereocenters. The van der Waals surface area contributed by atoms with Gasteiger partial charge in [-0.1, -0.05) is 35.8 Å². The number of nitrogens with one attached hydrogen (secondary N) is 1. The van der Waals surface area contributed by atoms with Gasteiger partial charge >= 0.3 is 0 Å². The first-order valence-electron chi connectivity index (χ1n) is 8.06. The van der Waals surface area contributed by atoms with Crippen molar-refractivity contribution in [1.82, 2.24) is 10.1 Å². The van der Waals surface area contributed by atoms with Gasteiger partial charge in [-0.05, 0) is 37.3 Å². The highest BCUT2D eigenvalue weighted by molar-refractivity contribution is 5.91. The van der Waals surface area contributed by atoms with Crippen molar-refractivity contribution in [2.45, 2.75) is 20.3 Å². The average molecular weight is 337 g/mol. The van der Waals surface area contributed by atoms with Crippen molar-refractivity contribution in [3.63, 3.8) is 0 Å². The molecule has 0 aliphatic heterocycles. The third-order valence-corrected chi connectivity index (χ3v) is 3.57. The average Bonchev–Trinajstić information content (AvgIpc) is 3.11. The predicted octanol–water partition coefficient (Wildman–Crippen LogP) is 3.62. The SMILES string of the molecule is CCc1noc(-c2cccc(OCC(=O)Nc3ccc(C)cc3)c2)n1. The van der Waals surface area contributed by atoms with Crippen LogP contribution in [-0.4, -0.2) is 22.7 Å². The van der Waals surface area contributed by atoms with Crippen molar-refractivity contribution in [3.8, 4) is 17.2 Å². The Morgan fingerprint density at radius 2 is 2.00 bits per heavy atom. The molecule has 25 heavy (non-hydrogen) atoms. The highest BCUT2D eigenvalue weighted by Gasteiger charge is 2.09. The fourth-order valence-electron chi connectivity index (χ4n) is 2.22. The van der Waals surface area contributed by atoms with Gasteiger partial charge in [-0.25, -0.2) is 0 Å². The number of nitrogens with zero attached hydrogens (tertiary/aromatic N) is 2. The fourth-order valence-corrected chi connectivity index (χ4v) is 2.22. The van der Waals surface area contributed by atoms with Crippen LogP contribution in [0.1, 0.15) is 18.3 Å². The number of amides is 1. The third-order valence-electron chi connectivity index (χ3n) is 3.57. The summed E-state index contributed by atoms with van der Waals surface area (Å²) in [5.41, 5.74) is 2.63. The van der Waals surface area contributed by atoms with Gasteiger partial charge in [-0.15, -0.1) is 0 Å². The van der Waals surface area contributed by atoms with Gasteiger partial charge in [0.2, 0.25) is 0 Å². The highest BCUT2D eigenvalue weighted by Crippen LogP contribution is 2.22. The molecule has 0 radical (unpaired) electrons. The number of hydrogen-bond donors (Lipinski definition) is 1. The molecule has 6 heteroatoms. The molecule has 0 atom stereocenters. The van der Waals surface area contributed by atoms with Gasteiger partial charge in [-0.2, -0.15) is 4.98 Å². The third kappa shape index (κ3) is 4.44. The van der Waals surface area contributed by atoms with Crippen molar-refractivity contribution in [2.24, 2.45) is 0 Å². The Kier molecular flexibility index (Phi) is 5.09. The molecule has 0 saturated heterocycles. The van der Waals surface area contributed by atoms with Crippen LogP contribution >= 0.6 is 0 Å². The molecule has 0 aliphatic carbocycles. The molecule has 0 aliphatic rings. The lowest BCUT2D eigenvalue weighted by molar-refractivity contribution is -0.118. The van der Waals surface area contributed by atoms with E-state index in [0.29, 0.717) is 23.9 Å². The number of aromatic nitrogens is 2. The summed E-state index contributed by atoms with van der Waals surface area (Å²) in [6.07, 6.45) is 0.707. The topological polar surface area (TPSA) is 77.2 Å². The Morgan fingerprint density at radius 3 is 2.72 bits per heavy atom. The van der Waals surface area contributed by atoms with E-state index in [-0.39, 0.29) is 12.5 Å². The lowest BCUT2D eigenvalue weighted by Gasteiger charge is -2.08. The zero-order valence-corrected chi connectivity index (χ0v) is 14.2. The highest BCUT2D eigenvalue weighted by atomic mass is 16.5. The van der Waals surface area contributed by atoms with Crippen LogP contribution in [0.15, 0.2) is 53.1 Å². The maximum atomic E-state index is 12.0. The molecular formula is C19H19N3O3. The summed E-state index contributed by atoms with van der Waals surface area (Å²) in [6.45, 7) is 3.87. The molecular weight excluding hydrogens is 318 g/mol.